The maximum absolute atomic E-state index is 12.0. The molecule has 0 unspecified atom stereocenters. The molecular weight excluding hydrogens is 264 g/mol. The Morgan fingerprint density at radius 1 is 1.53 bits per heavy atom. The van der Waals surface area contributed by atoms with Gasteiger partial charge in [-0.2, -0.15) is 5.10 Å². The lowest BCUT2D eigenvalue weighted by molar-refractivity contribution is 0.102. The summed E-state index contributed by atoms with van der Waals surface area (Å²) in [5.41, 5.74) is 8.75. The third-order valence-electron chi connectivity index (χ3n) is 2.88. The Labute approximate surface area is 116 Å². The van der Waals surface area contributed by atoms with E-state index in [1.807, 2.05) is 19.9 Å². The molecule has 1 heterocycles. The maximum atomic E-state index is 12.0. The van der Waals surface area contributed by atoms with Gasteiger partial charge in [-0.1, -0.05) is 24.6 Å². The van der Waals surface area contributed by atoms with Crippen molar-refractivity contribution in [1.82, 2.24) is 10.2 Å². The van der Waals surface area contributed by atoms with Crippen LogP contribution in [-0.4, -0.2) is 16.1 Å². The number of hydrogen-bond acceptors (Lipinski definition) is 3. The molecule has 0 aliphatic rings. The molecule has 6 heteroatoms. The minimum Gasteiger partial charge on any atom is -0.395 e. The van der Waals surface area contributed by atoms with Crippen molar-refractivity contribution < 1.29 is 4.79 Å². The number of aromatic nitrogens is 2. The standard InChI is InChI=1S/C13H15ClN4O/c1-3-10-11(15)12(18-17-10)13(19)16-8-5-4-7(2)9(14)6-8/h4-6H,3,15H2,1-2H3,(H,16,19)(H,17,18). The van der Waals surface area contributed by atoms with E-state index in [1.165, 1.54) is 0 Å². The summed E-state index contributed by atoms with van der Waals surface area (Å²) in [5.74, 6) is -0.353. The monoisotopic (exact) mass is 278 g/mol. The summed E-state index contributed by atoms with van der Waals surface area (Å²) in [6, 6.07) is 5.31. The van der Waals surface area contributed by atoms with E-state index in [1.54, 1.807) is 12.1 Å². The highest BCUT2D eigenvalue weighted by molar-refractivity contribution is 6.31. The molecule has 1 amide bonds. The fraction of sp³-hybridized carbons (Fsp3) is 0.231. The summed E-state index contributed by atoms with van der Waals surface area (Å²) in [6.07, 6.45) is 0.697. The van der Waals surface area contributed by atoms with Gasteiger partial charge in [0.25, 0.3) is 5.91 Å². The fourth-order valence-corrected chi connectivity index (χ4v) is 1.87. The first-order valence-corrected chi connectivity index (χ1v) is 6.31. The van der Waals surface area contributed by atoms with Crippen molar-refractivity contribution in [3.63, 3.8) is 0 Å². The van der Waals surface area contributed by atoms with Crippen molar-refractivity contribution in [2.75, 3.05) is 11.1 Å². The molecule has 0 atom stereocenters. The van der Waals surface area contributed by atoms with Gasteiger partial charge in [-0.05, 0) is 31.0 Å². The number of nitrogens with two attached hydrogens (primary N) is 1. The van der Waals surface area contributed by atoms with E-state index in [0.29, 0.717) is 22.8 Å². The molecule has 0 fully saturated rings. The van der Waals surface area contributed by atoms with E-state index >= 15 is 0 Å². The van der Waals surface area contributed by atoms with Gasteiger partial charge in [-0.3, -0.25) is 9.89 Å². The summed E-state index contributed by atoms with van der Waals surface area (Å²) < 4.78 is 0. The highest BCUT2D eigenvalue weighted by Crippen LogP contribution is 2.21. The molecule has 1 aromatic heterocycles. The molecule has 19 heavy (non-hydrogen) atoms. The molecule has 2 aromatic rings. The van der Waals surface area contributed by atoms with Crippen molar-refractivity contribution in [1.29, 1.82) is 0 Å². The Morgan fingerprint density at radius 2 is 2.26 bits per heavy atom. The van der Waals surface area contributed by atoms with E-state index in [0.717, 1.165) is 11.3 Å². The lowest BCUT2D eigenvalue weighted by Crippen LogP contribution is -2.14. The number of benzene rings is 1. The van der Waals surface area contributed by atoms with Crippen LogP contribution in [0.3, 0.4) is 0 Å². The van der Waals surface area contributed by atoms with Crippen LogP contribution >= 0.6 is 11.6 Å². The summed E-state index contributed by atoms with van der Waals surface area (Å²) in [4.78, 5) is 12.0. The van der Waals surface area contributed by atoms with Crippen LogP contribution in [0, 0.1) is 6.92 Å². The predicted octanol–water partition coefficient (Wildman–Crippen LogP) is 2.77. The van der Waals surface area contributed by atoms with Crippen molar-refractivity contribution in [3.8, 4) is 0 Å². The second kappa shape index (κ2) is 5.32. The molecule has 5 nitrogen and oxygen atoms in total. The molecule has 0 bridgehead atoms. The minimum absolute atomic E-state index is 0.202. The minimum atomic E-state index is -0.353. The van der Waals surface area contributed by atoms with Gasteiger partial charge in [0.05, 0.1) is 11.4 Å². The average molecular weight is 279 g/mol. The molecule has 4 N–H and O–H groups in total. The number of hydrogen-bond donors (Lipinski definition) is 3. The zero-order valence-corrected chi connectivity index (χ0v) is 11.5. The van der Waals surface area contributed by atoms with Gasteiger partial charge < -0.3 is 11.1 Å². The van der Waals surface area contributed by atoms with Gasteiger partial charge in [0.1, 0.15) is 0 Å². The summed E-state index contributed by atoms with van der Waals surface area (Å²) in [6.45, 7) is 3.83. The normalized spacial score (nSPS) is 10.5. The van der Waals surface area contributed by atoms with Crippen LogP contribution in [0.2, 0.25) is 5.02 Å². The third-order valence-corrected chi connectivity index (χ3v) is 3.29. The SMILES string of the molecule is CCc1[nH]nc(C(=O)Nc2ccc(C)c(Cl)c2)c1N. The molecule has 2 rings (SSSR count). The van der Waals surface area contributed by atoms with Crippen molar-refractivity contribution in [2.24, 2.45) is 0 Å². The summed E-state index contributed by atoms with van der Waals surface area (Å²) in [7, 11) is 0. The first-order chi connectivity index (χ1) is 9.02. The summed E-state index contributed by atoms with van der Waals surface area (Å²) >= 11 is 6.00. The van der Waals surface area contributed by atoms with Crippen LogP contribution in [0.15, 0.2) is 18.2 Å². The molecule has 1 aromatic carbocycles. The van der Waals surface area contributed by atoms with Crippen LogP contribution in [0.5, 0.6) is 0 Å². The average Bonchev–Trinajstić information content (AvgIpc) is 2.75. The van der Waals surface area contributed by atoms with Gasteiger partial charge in [-0.15, -0.1) is 0 Å². The number of rotatable bonds is 3. The van der Waals surface area contributed by atoms with E-state index in [2.05, 4.69) is 15.5 Å². The number of aryl methyl sites for hydroxylation is 2. The number of amides is 1. The number of H-pyrrole nitrogens is 1. The second-order valence-electron chi connectivity index (χ2n) is 4.24. The lowest BCUT2D eigenvalue weighted by atomic mass is 10.2. The quantitative estimate of drug-likeness (QED) is 0.807. The Bertz CT molecular complexity index is 621. The Kier molecular flexibility index (Phi) is 3.76. The Morgan fingerprint density at radius 3 is 2.84 bits per heavy atom. The van der Waals surface area contributed by atoms with E-state index in [4.69, 9.17) is 17.3 Å². The molecule has 0 spiro atoms. The van der Waals surface area contributed by atoms with Crippen LogP contribution < -0.4 is 11.1 Å². The smallest absolute Gasteiger partial charge is 0.278 e. The topological polar surface area (TPSA) is 83.8 Å². The van der Waals surface area contributed by atoms with E-state index < -0.39 is 0 Å². The molecule has 100 valence electrons. The number of halogens is 1. The van der Waals surface area contributed by atoms with Gasteiger partial charge in [-0.25, -0.2) is 0 Å². The van der Waals surface area contributed by atoms with Crippen molar-refractivity contribution >= 4 is 28.9 Å². The second-order valence-corrected chi connectivity index (χ2v) is 4.64. The van der Waals surface area contributed by atoms with Gasteiger partial charge >= 0.3 is 0 Å². The van der Waals surface area contributed by atoms with Gasteiger partial charge in [0.15, 0.2) is 5.69 Å². The first-order valence-electron chi connectivity index (χ1n) is 5.93. The lowest BCUT2D eigenvalue weighted by Gasteiger charge is -2.05. The molecular formula is C13H15ClN4O. The number of nitrogens with zero attached hydrogens (tertiary/aromatic N) is 1. The highest BCUT2D eigenvalue weighted by Gasteiger charge is 2.16. The number of carbonyl (C=O) groups is 1. The van der Waals surface area contributed by atoms with Crippen molar-refractivity contribution in [3.05, 3.63) is 40.2 Å². The first kappa shape index (κ1) is 13.4. The number of carbonyl (C=O) groups excluding carboxylic acids is 1. The Hall–Kier alpha value is -2.01. The predicted molar refractivity (Wildman–Crippen MR) is 76.5 cm³/mol. The van der Waals surface area contributed by atoms with E-state index in [-0.39, 0.29) is 11.6 Å². The maximum Gasteiger partial charge on any atom is 0.278 e. The zero-order chi connectivity index (χ0) is 14.0. The van der Waals surface area contributed by atoms with Crippen LogP contribution in [0.4, 0.5) is 11.4 Å². The van der Waals surface area contributed by atoms with Gasteiger partial charge in [0, 0.05) is 10.7 Å². The third kappa shape index (κ3) is 2.71. The number of anilines is 2. The van der Waals surface area contributed by atoms with Crippen LogP contribution in [-0.2, 0) is 6.42 Å². The number of nitrogens with one attached hydrogen (secondary N) is 2. The fourth-order valence-electron chi connectivity index (χ4n) is 1.69. The summed E-state index contributed by atoms with van der Waals surface area (Å²) in [5, 5.41) is 9.99. The largest absolute Gasteiger partial charge is 0.395 e. The van der Waals surface area contributed by atoms with E-state index in [9.17, 15) is 4.79 Å². The zero-order valence-electron chi connectivity index (χ0n) is 10.7. The highest BCUT2D eigenvalue weighted by atomic mass is 35.5. The molecule has 0 saturated heterocycles. The molecule has 0 saturated carbocycles. The van der Waals surface area contributed by atoms with Crippen molar-refractivity contribution in [2.45, 2.75) is 20.3 Å². The Balaban J connectivity index is 2.20. The molecule has 0 aliphatic heterocycles. The van der Waals surface area contributed by atoms with Crippen LogP contribution in [0.1, 0.15) is 28.7 Å². The van der Waals surface area contributed by atoms with Gasteiger partial charge in [0.2, 0.25) is 0 Å². The number of aromatic amines is 1. The number of nitrogen functional groups attached to an aromatic ring is 1. The van der Waals surface area contributed by atoms with Crippen LogP contribution in [0.25, 0.3) is 0 Å². The molecule has 0 radical (unpaired) electrons. The molecule has 0 aliphatic carbocycles.